The van der Waals surface area contributed by atoms with Gasteiger partial charge in [0.25, 0.3) is 0 Å². The van der Waals surface area contributed by atoms with E-state index in [4.69, 9.17) is 0 Å². The highest BCUT2D eigenvalue weighted by Gasteiger charge is 2.56. The van der Waals surface area contributed by atoms with Gasteiger partial charge < -0.3 is 10.4 Å². The number of carbonyl (C=O) groups excluding carboxylic acids is 3. The van der Waals surface area contributed by atoms with Crippen molar-refractivity contribution < 1.29 is 19.5 Å². The normalized spacial score (nSPS) is 19.9. The molecule has 8 nitrogen and oxygen atoms in total. The molecule has 10 heteroatoms. The van der Waals surface area contributed by atoms with E-state index in [1.807, 2.05) is 38.1 Å². The van der Waals surface area contributed by atoms with Gasteiger partial charge in [-0.25, -0.2) is 4.90 Å². The quantitative estimate of drug-likeness (QED) is 0.337. The molecule has 1 saturated heterocycles. The number of thiazole rings is 1. The van der Waals surface area contributed by atoms with E-state index < -0.39 is 17.1 Å². The molecule has 3 atom stereocenters. The van der Waals surface area contributed by atoms with Gasteiger partial charge in [0, 0.05) is 16.5 Å². The van der Waals surface area contributed by atoms with Crippen LogP contribution in [0.1, 0.15) is 27.5 Å². The van der Waals surface area contributed by atoms with Gasteiger partial charge in [-0.1, -0.05) is 70.6 Å². The minimum absolute atomic E-state index is 0.0688. The lowest BCUT2D eigenvalue weighted by Crippen LogP contribution is -2.33. The number of fused-ring (bicyclic) bond motifs is 2. The van der Waals surface area contributed by atoms with Crippen LogP contribution < -0.4 is 15.1 Å². The average molecular weight is 572 g/mol. The summed E-state index contributed by atoms with van der Waals surface area (Å²) in [6.07, 6.45) is 0. The molecule has 202 valence electrons. The van der Waals surface area contributed by atoms with Gasteiger partial charge in [-0.3, -0.25) is 23.7 Å². The van der Waals surface area contributed by atoms with Crippen molar-refractivity contribution in [3.63, 3.8) is 0 Å². The van der Waals surface area contributed by atoms with E-state index in [2.05, 4.69) is 5.32 Å². The van der Waals surface area contributed by atoms with Crippen LogP contribution in [0.5, 0.6) is 5.75 Å². The zero-order chi connectivity index (χ0) is 28.1. The molecule has 2 N–H and O–H groups in total. The number of benzene rings is 3. The number of aromatic nitrogens is 1. The maximum absolute atomic E-state index is 13.9. The SMILES string of the molecule is Cc1ccc(NC(=O)Cn2c3c(sc2=O)[C@@H](c2ccc(O)cc2)[C@H]2C(=O)N(c4ccc(C)cc4)C(=O)[C@H]2S3)cc1. The lowest BCUT2D eigenvalue weighted by molar-refractivity contribution is -0.122. The van der Waals surface area contributed by atoms with E-state index in [0.717, 1.165) is 22.5 Å². The topological polar surface area (TPSA) is 109 Å². The predicted molar refractivity (Wildman–Crippen MR) is 155 cm³/mol. The summed E-state index contributed by atoms with van der Waals surface area (Å²) in [6.45, 7) is 3.65. The number of nitrogens with zero attached hydrogens (tertiary/aromatic N) is 2. The molecule has 0 saturated carbocycles. The van der Waals surface area contributed by atoms with E-state index in [1.54, 1.807) is 36.4 Å². The van der Waals surface area contributed by atoms with Crippen molar-refractivity contribution in [1.29, 1.82) is 0 Å². The minimum atomic E-state index is -0.777. The first kappa shape index (κ1) is 26.1. The molecule has 0 unspecified atom stereocenters. The van der Waals surface area contributed by atoms with Crippen molar-refractivity contribution in [1.82, 2.24) is 4.57 Å². The van der Waals surface area contributed by atoms with Crippen LogP contribution in [0.25, 0.3) is 0 Å². The average Bonchev–Trinajstić information content (AvgIpc) is 3.37. The maximum atomic E-state index is 13.9. The number of hydrogen-bond donors (Lipinski definition) is 2. The zero-order valence-corrected chi connectivity index (χ0v) is 23.3. The third-order valence-electron chi connectivity index (χ3n) is 7.23. The third kappa shape index (κ3) is 4.52. The van der Waals surface area contributed by atoms with E-state index >= 15 is 0 Å². The summed E-state index contributed by atoms with van der Waals surface area (Å²) in [5.41, 5.74) is 3.89. The van der Waals surface area contributed by atoms with Gasteiger partial charge in [0.1, 0.15) is 17.5 Å². The standard InChI is InChI=1S/C30H25N3O5S2/c1-16-3-9-19(10-4-16)31-22(35)15-32-29-26(40-30(32)38)23(18-7-13-21(34)14-8-18)24-25(39-29)28(37)33(27(24)36)20-11-5-17(2)6-12-20/h3-14,23-25,34H,15H2,1-2H3,(H,31,35)/t23-,24+,25-/m0/s1. The molecular formula is C30H25N3O5S2. The molecule has 0 aliphatic carbocycles. The molecule has 3 aromatic carbocycles. The Hall–Kier alpha value is -4.15. The summed E-state index contributed by atoms with van der Waals surface area (Å²) in [4.78, 5) is 55.4. The van der Waals surface area contributed by atoms with Gasteiger partial charge >= 0.3 is 4.87 Å². The van der Waals surface area contributed by atoms with Crippen LogP contribution >= 0.6 is 23.1 Å². The number of phenols is 1. The molecule has 1 aromatic heterocycles. The van der Waals surface area contributed by atoms with Gasteiger partial charge in [-0.05, 0) is 55.8 Å². The van der Waals surface area contributed by atoms with Crippen molar-refractivity contribution in [2.24, 2.45) is 5.92 Å². The van der Waals surface area contributed by atoms with Crippen molar-refractivity contribution >= 4 is 52.2 Å². The van der Waals surface area contributed by atoms with E-state index in [0.29, 0.717) is 26.8 Å². The molecule has 3 amide bonds. The van der Waals surface area contributed by atoms with Gasteiger partial charge in [0.2, 0.25) is 17.7 Å². The van der Waals surface area contributed by atoms with Crippen LogP contribution in [0.4, 0.5) is 11.4 Å². The van der Waals surface area contributed by atoms with E-state index in [9.17, 15) is 24.3 Å². The Labute approximate surface area is 238 Å². The number of aryl methyl sites for hydroxylation is 2. The summed E-state index contributed by atoms with van der Waals surface area (Å²) in [5, 5.41) is 12.5. The number of anilines is 2. The molecule has 4 aromatic rings. The summed E-state index contributed by atoms with van der Waals surface area (Å²) in [5.74, 6) is -2.33. The Morgan fingerprint density at radius 1 is 0.875 bits per heavy atom. The molecule has 3 heterocycles. The Bertz CT molecular complexity index is 1690. The Morgan fingerprint density at radius 3 is 2.15 bits per heavy atom. The first-order valence-electron chi connectivity index (χ1n) is 12.7. The second-order valence-corrected chi connectivity index (χ2v) is 12.1. The second-order valence-electron chi connectivity index (χ2n) is 10.0. The Balaban J connectivity index is 1.40. The highest BCUT2D eigenvalue weighted by atomic mass is 32.2. The van der Waals surface area contributed by atoms with Crippen LogP contribution in [0.2, 0.25) is 0 Å². The molecular weight excluding hydrogens is 546 g/mol. The Morgan fingerprint density at radius 2 is 1.50 bits per heavy atom. The number of rotatable bonds is 5. The number of carbonyl (C=O) groups is 3. The van der Waals surface area contributed by atoms with Crippen LogP contribution in [-0.4, -0.2) is 32.6 Å². The second kappa shape index (κ2) is 10.1. The number of amides is 3. The molecule has 2 aliphatic rings. The van der Waals surface area contributed by atoms with Gasteiger partial charge in [0.05, 0.1) is 16.6 Å². The first-order chi connectivity index (χ1) is 19.2. The zero-order valence-electron chi connectivity index (χ0n) is 21.7. The smallest absolute Gasteiger partial charge is 0.308 e. The van der Waals surface area contributed by atoms with Crippen molar-refractivity contribution in [3.8, 4) is 5.75 Å². The molecule has 40 heavy (non-hydrogen) atoms. The highest BCUT2D eigenvalue weighted by molar-refractivity contribution is 8.00. The van der Waals surface area contributed by atoms with E-state index in [-0.39, 0.29) is 34.9 Å². The number of nitrogens with one attached hydrogen (secondary N) is 1. The summed E-state index contributed by atoms with van der Waals surface area (Å²) < 4.78 is 1.39. The predicted octanol–water partition coefficient (Wildman–Crippen LogP) is 4.67. The summed E-state index contributed by atoms with van der Waals surface area (Å²) in [6, 6.07) is 21.0. The lowest BCUT2D eigenvalue weighted by Gasteiger charge is -2.30. The van der Waals surface area contributed by atoms with Crippen molar-refractivity contribution in [3.05, 3.63) is 104 Å². The fraction of sp³-hybridized carbons (Fsp3) is 0.200. The first-order valence-corrected chi connectivity index (χ1v) is 14.4. The lowest BCUT2D eigenvalue weighted by atomic mass is 9.83. The van der Waals surface area contributed by atoms with Crippen molar-refractivity contribution in [2.45, 2.75) is 36.6 Å². The Kier molecular flexibility index (Phi) is 6.59. The molecule has 2 aliphatic heterocycles. The summed E-state index contributed by atoms with van der Waals surface area (Å²) >= 11 is 2.16. The monoisotopic (exact) mass is 571 g/mol. The van der Waals surface area contributed by atoms with Crippen LogP contribution in [0.3, 0.4) is 0 Å². The van der Waals surface area contributed by atoms with Gasteiger partial charge in [-0.2, -0.15) is 0 Å². The van der Waals surface area contributed by atoms with Gasteiger partial charge in [0.15, 0.2) is 0 Å². The molecule has 0 bridgehead atoms. The fourth-order valence-corrected chi connectivity index (χ4v) is 8.00. The fourth-order valence-electron chi connectivity index (χ4n) is 5.23. The molecule has 0 spiro atoms. The number of imide groups is 1. The number of aromatic hydroxyl groups is 1. The maximum Gasteiger partial charge on any atom is 0.308 e. The highest BCUT2D eigenvalue weighted by Crippen LogP contribution is 2.54. The van der Waals surface area contributed by atoms with Crippen LogP contribution in [0.15, 0.2) is 82.6 Å². The minimum Gasteiger partial charge on any atom is -0.508 e. The molecule has 1 fully saturated rings. The largest absolute Gasteiger partial charge is 0.508 e. The number of thioether (sulfide) groups is 1. The van der Waals surface area contributed by atoms with Crippen molar-refractivity contribution in [2.75, 3.05) is 10.2 Å². The number of hydrogen-bond acceptors (Lipinski definition) is 7. The van der Waals surface area contributed by atoms with E-state index in [1.165, 1.54) is 33.4 Å². The van der Waals surface area contributed by atoms with Crippen LogP contribution in [-0.2, 0) is 20.9 Å². The van der Waals surface area contributed by atoms with Gasteiger partial charge in [-0.15, -0.1) is 0 Å². The summed E-state index contributed by atoms with van der Waals surface area (Å²) in [7, 11) is 0. The third-order valence-corrected chi connectivity index (χ3v) is 9.83. The molecule has 0 radical (unpaired) electrons. The molecule has 6 rings (SSSR count). The number of phenolic OH excluding ortho intramolecular Hbond substituents is 1. The van der Waals surface area contributed by atoms with Crippen LogP contribution in [0, 0.1) is 19.8 Å².